The molecule has 1 rings (SSSR count). The van der Waals surface area contributed by atoms with Gasteiger partial charge in [-0.1, -0.05) is 26.3 Å². The molecule has 0 bridgehead atoms. The van der Waals surface area contributed by atoms with Gasteiger partial charge in [0.1, 0.15) is 0 Å². The van der Waals surface area contributed by atoms with Crippen molar-refractivity contribution in [3.05, 3.63) is 30.1 Å². The molecule has 1 unspecified atom stereocenters. The van der Waals surface area contributed by atoms with Gasteiger partial charge in [0, 0.05) is 18.9 Å². The largest absolute Gasteiger partial charge is 0.312 e. The van der Waals surface area contributed by atoms with Crippen LogP contribution in [0, 0.1) is 5.92 Å². The lowest BCUT2D eigenvalue weighted by Crippen LogP contribution is -2.20. The van der Waals surface area contributed by atoms with E-state index in [1.165, 1.54) is 12.0 Å². The van der Waals surface area contributed by atoms with Crippen molar-refractivity contribution in [3.63, 3.8) is 0 Å². The van der Waals surface area contributed by atoms with Gasteiger partial charge < -0.3 is 5.32 Å². The first kappa shape index (κ1) is 10.2. The molecule has 13 heavy (non-hydrogen) atoms. The summed E-state index contributed by atoms with van der Waals surface area (Å²) >= 11 is 0. The van der Waals surface area contributed by atoms with E-state index in [1.807, 2.05) is 12.3 Å². The van der Waals surface area contributed by atoms with Crippen LogP contribution < -0.4 is 5.32 Å². The molecule has 0 aliphatic rings. The first-order valence-corrected chi connectivity index (χ1v) is 4.92. The zero-order valence-corrected chi connectivity index (χ0v) is 8.46. The van der Waals surface area contributed by atoms with Crippen LogP contribution in [0.5, 0.6) is 0 Å². The molecule has 2 heteroatoms. The van der Waals surface area contributed by atoms with Crippen molar-refractivity contribution < 1.29 is 0 Å². The van der Waals surface area contributed by atoms with Gasteiger partial charge in [-0.3, -0.25) is 4.98 Å². The lowest BCUT2D eigenvalue weighted by atomic mass is 10.1. The molecule has 0 amide bonds. The third kappa shape index (κ3) is 4.04. The maximum absolute atomic E-state index is 4.06. The third-order valence-corrected chi connectivity index (χ3v) is 2.24. The highest BCUT2D eigenvalue weighted by molar-refractivity contribution is 5.07. The van der Waals surface area contributed by atoms with E-state index in [1.54, 1.807) is 6.20 Å². The fraction of sp³-hybridized carbons (Fsp3) is 0.545. The van der Waals surface area contributed by atoms with Crippen LogP contribution in [0.1, 0.15) is 25.8 Å². The van der Waals surface area contributed by atoms with Crippen LogP contribution in [0.25, 0.3) is 0 Å². The third-order valence-electron chi connectivity index (χ3n) is 2.24. The molecule has 0 aromatic carbocycles. The molecule has 2 nitrogen and oxygen atoms in total. The quantitative estimate of drug-likeness (QED) is 0.747. The van der Waals surface area contributed by atoms with Crippen LogP contribution in [-0.4, -0.2) is 11.5 Å². The van der Waals surface area contributed by atoms with Crippen LogP contribution in [0.4, 0.5) is 0 Å². The van der Waals surface area contributed by atoms with Gasteiger partial charge >= 0.3 is 0 Å². The second-order valence-electron chi connectivity index (χ2n) is 3.51. The van der Waals surface area contributed by atoms with E-state index in [4.69, 9.17) is 0 Å². The van der Waals surface area contributed by atoms with E-state index >= 15 is 0 Å². The smallest absolute Gasteiger partial charge is 0.0312 e. The second-order valence-corrected chi connectivity index (χ2v) is 3.51. The minimum Gasteiger partial charge on any atom is -0.312 e. The molecule has 1 atom stereocenters. The zero-order valence-electron chi connectivity index (χ0n) is 8.46. The Labute approximate surface area is 80.4 Å². The molecule has 0 spiro atoms. The average Bonchev–Trinajstić information content (AvgIpc) is 2.19. The number of hydrogen-bond acceptors (Lipinski definition) is 2. The topological polar surface area (TPSA) is 24.9 Å². The Morgan fingerprint density at radius 1 is 1.54 bits per heavy atom. The summed E-state index contributed by atoms with van der Waals surface area (Å²) in [5.74, 6) is 0.761. The number of nitrogens with one attached hydrogen (secondary N) is 1. The van der Waals surface area contributed by atoms with Gasteiger partial charge in [0.05, 0.1) is 0 Å². The molecular formula is C11H18N2. The van der Waals surface area contributed by atoms with E-state index < -0.39 is 0 Å². The number of nitrogens with zero attached hydrogens (tertiary/aromatic N) is 1. The summed E-state index contributed by atoms with van der Waals surface area (Å²) in [5, 5.41) is 3.41. The van der Waals surface area contributed by atoms with Gasteiger partial charge in [0.15, 0.2) is 0 Å². The standard InChI is InChI=1S/C11H18N2/c1-3-10(2)7-13-9-11-5-4-6-12-8-11/h4-6,8,10,13H,3,7,9H2,1-2H3. The minimum atomic E-state index is 0.761. The lowest BCUT2D eigenvalue weighted by Gasteiger charge is -2.09. The first-order chi connectivity index (χ1) is 6.33. The fourth-order valence-electron chi connectivity index (χ4n) is 1.11. The van der Waals surface area contributed by atoms with Crippen LogP contribution in [0.15, 0.2) is 24.5 Å². The molecule has 1 heterocycles. The Morgan fingerprint density at radius 3 is 3.00 bits per heavy atom. The highest BCUT2D eigenvalue weighted by atomic mass is 14.9. The van der Waals surface area contributed by atoms with Gasteiger partial charge in [0.2, 0.25) is 0 Å². The monoisotopic (exact) mass is 178 g/mol. The van der Waals surface area contributed by atoms with E-state index in [-0.39, 0.29) is 0 Å². The van der Waals surface area contributed by atoms with Crippen molar-refractivity contribution in [1.82, 2.24) is 10.3 Å². The summed E-state index contributed by atoms with van der Waals surface area (Å²) in [6, 6.07) is 4.07. The molecule has 72 valence electrons. The molecular weight excluding hydrogens is 160 g/mol. The van der Waals surface area contributed by atoms with E-state index in [0.717, 1.165) is 19.0 Å². The number of aromatic nitrogens is 1. The van der Waals surface area contributed by atoms with Crippen molar-refractivity contribution in [2.45, 2.75) is 26.8 Å². The van der Waals surface area contributed by atoms with Crippen LogP contribution >= 0.6 is 0 Å². The van der Waals surface area contributed by atoms with E-state index in [2.05, 4.69) is 30.2 Å². The molecule has 1 N–H and O–H groups in total. The van der Waals surface area contributed by atoms with E-state index in [0.29, 0.717) is 0 Å². The number of pyridine rings is 1. The van der Waals surface area contributed by atoms with Crippen LogP contribution in [0.2, 0.25) is 0 Å². The highest BCUT2D eigenvalue weighted by Crippen LogP contribution is 1.99. The predicted molar refractivity (Wildman–Crippen MR) is 55.4 cm³/mol. The summed E-state index contributed by atoms with van der Waals surface area (Å²) in [4.78, 5) is 4.06. The van der Waals surface area contributed by atoms with Crippen molar-refractivity contribution in [2.24, 2.45) is 5.92 Å². The van der Waals surface area contributed by atoms with Crippen molar-refractivity contribution >= 4 is 0 Å². The summed E-state index contributed by atoms with van der Waals surface area (Å²) in [7, 11) is 0. The molecule has 0 fully saturated rings. The van der Waals surface area contributed by atoms with E-state index in [9.17, 15) is 0 Å². The Bertz CT molecular complexity index is 221. The first-order valence-electron chi connectivity index (χ1n) is 4.92. The van der Waals surface area contributed by atoms with Gasteiger partial charge in [-0.2, -0.15) is 0 Å². The number of hydrogen-bond donors (Lipinski definition) is 1. The Kier molecular flexibility index (Phi) is 4.47. The predicted octanol–water partition coefficient (Wildman–Crippen LogP) is 2.22. The normalized spacial score (nSPS) is 12.8. The second kappa shape index (κ2) is 5.70. The molecule has 0 saturated carbocycles. The Balaban J connectivity index is 2.20. The lowest BCUT2D eigenvalue weighted by molar-refractivity contribution is 0.499. The van der Waals surface area contributed by atoms with Crippen molar-refractivity contribution in [3.8, 4) is 0 Å². The van der Waals surface area contributed by atoms with Gasteiger partial charge in [-0.05, 0) is 24.1 Å². The molecule has 1 aromatic rings. The number of rotatable bonds is 5. The summed E-state index contributed by atoms with van der Waals surface area (Å²) in [6.07, 6.45) is 4.95. The minimum absolute atomic E-state index is 0.761. The summed E-state index contributed by atoms with van der Waals surface area (Å²) < 4.78 is 0. The van der Waals surface area contributed by atoms with Crippen molar-refractivity contribution in [1.29, 1.82) is 0 Å². The summed E-state index contributed by atoms with van der Waals surface area (Å²) in [6.45, 7) is 6.50. The maximum Gasteiger partial charge on any atom is 0.0312 e. The summed E-state index contributed by atoms with van der Waals surface area (Å²) in [5.41, 5.74) is 1.26. The molecule has 0 aliphatic carbocycles. The molecule has 0 radical (unpaired) electrons. The van der Waals surface area contributed by atoms with Gasteiger partial charge in [0.25, 0.3) is 0 Å². The molecule has 0 aliphatic heterocycles. The fourth-order valence-corrected chi connectivity index (χ4v) is 1.11. The van der Waals surface area contributed by atoms with Crippen LogP contribution in [-0.2, 0) is 6.54 Å². The Morgan fingerprint density at radius 2 is 2.38 bits per heavy atom. The molecule has 1 aromatic heterocycles. The highest BCUT2D eigenvalue weighted by Gasteiger charge is 1.97. The van der Waals surface area contributed by atoms with Crippen molar-refractivity contribution in [2.75, 3.05) is 6.54 Å². The van der Waals surface area contributed by atoms with Gasteiger partial charge in [-0.15, -0.1) is 0 Å². The maximum atomic E-state index is 4.06. The van der Waals surface area contributed by atoms with Crippen LogP contribution in [0.3, 0.4) is 0 Å². The SMILES string of the molecule is CCC(C)CNCc1cccnc1. The van der Waals surface area contributed by atoms with Gasteiger partial charge in [-0.25, -0.2) is 0 Å². The molecule has 0 saturated heterocycles. The zero-order chi connectivity index (χ0) is 9.52. The average molecular weight is 178 g/mol. The Hall–Kier alpha value is -0.890.